The number of halogens is 1. The number of ether oxygens (including phenoxy) is 2. The molecule has 1 saturated heterocycles. The highest BCUT2D eigenvalue weighted by Crippen LogP contribution is 2.36. The lowest BCUT2D eigenvalue weighted by atomic mass is 9.90. The van der Waals surface area contributed by atoms with Crippen molar-refractivity contribution in [1.29, 1.82) is 0 Å². The molecule has 0 radical (unpaired) electrons. The Morgan fingerprint density at radius 2 is 1.62 bits per heavy atom. The number of carbonyl (C=O) groups excluding carboxylic acids is 2. The number of likely N-dealkylation sites (tertiary alicyclic amines) is 1. The molecule has 0 atom stereocenters. The summed E-state index contributed by atoms with van der Waals surface area (Å²) in [5.41, 5.74) is -0.780. The van der Waals surface area contributed by atoms with Gasteiger partial charge in [-0.3, -0.25) is 9.59 Å². The summed E-state index contributed by atoms with van der Waals surface area (Å²) in [7, 11) is 2.98. The number of hydrogen-bond donors (Lipinski definition) is 1. The summed E-state index contributed by atoms with van der Waals surface area (Å²) in [5.74, 6) is 0.271. The molecule has 1 aliphatic rings. The molecule has 0 aromatic heterocycles. The van der Waals surface area contributed by atoms with Crippen LogP contribution in [-0.4, -0.2) is 44.0 Å². The first-order chi connectivity index (χ1) is 12.3. The first-order valence-electron chi connectivity index (χ1n) is 8.83. The third-order valence-electron chi connectivity index (χ3n) is 4.72. The van der Waals surface area contributed by atoms with E-state index in [0.717, 1.165) is 25.7 Å². The van der Waals surface area contributed by atoms with Crippen molar-refractivity contribution in [3.05, 3.63) is 17.2 Å². The molecule has 1 N–H and O–H groups in total. The maximum absolute atomic E-state index is 12.9. The van der Waals surface area contributed by atoms with Gasteiger partial charge in [0, 0.05) is 25.2 Å². The third kappa shape index (κ3) is 4.41. The van der Waals surface area contributed by atoms with Crippen molar-refractivity contribution >= 4 is 29.1 Å². The van der Waals surface area contributed by atoms with E-state index in [-0.39, 0.29) is 5.91 Å². The summed E-state index contributed by atoms with van der Waals surface area (Å²) < 4.78 is 10.5. The fourth-order valence-electron chi connectivity index (χ4n) is 3.00. The number of benzene rings is 1. The summed E-state index contributed by atoms with van der Waals surface area (Å²) >= 11 is 6.10. The van der Waals surface area contributed by atoms with Crippen molar-refractivity contribution in [2.75, 3.05) is 32.6 Å². The molecule has 1 aromatic carbocycles. The second-order valence-electron chi connectivity index (χ2n) is 6.97. The molecule has 2 rings (SSSR count). The van der Waals surface area contributed by atoms with E-state index in [9.17, 15) is 9.59 Å². The van der Waals surface area contributed by atoms with Gasteiger partial charge in [-0.25, -0.2) is 0 Å². The van der Waals surface area contributed by atoms with Crippen molar-refractivity contribution in [3.8, 4) is 11.5 Å². The maximum Gasteiger partial charge on any atom is 0.239 e. The van der Waals surface area contributed by atoms with Crippen LogP contribution in [0.4, 0.5) is 5.69 Å². The number of hydrogen-bond acceptors (Lipinski definition) is 4. The smallest absolute Gasteiger partial charge is 0.239 e. The molecule has 2 amide bonds. The molecular weight excluding hydrogens is 356 g/mol. The average Bonchev–Trinajstić information content (AvgIpc) is 2.91. The van der Waals surface area contributed by atoms with Gasteiger partial charge in [-0.05, 0) is 26.7 Å². The monoisotopic (exact) mass is 382 g/mol. The molecule has 0 spiro atoms. The number of nitrogens with zero attached hydrogens (tertiary/aromatic N) is 1. The molecule has 6 nitrogen and oxygen atoms in total. The van der Waals surface area contributed by atoms with Crippen LogP contribution < -0.4 is 14.8 Å². The molecule has 0 aliphatic carbocycles. The molecule has 1 heterocycles. The van der Waals surface area contributed by atoms with Crippen LogP contribution >= 0.6 is 11.6 Å². The van der Waals surface area contributed by atoms with Crippen molar-refractivity contribution in [2.24, 2.45) is 5.41 Å². The first-order valence-corrected chi connectivity index (χ1v) is 9.21. The molecule has 0 saturated carbocycles. The van der Waals surface area contributed by atoms with E-state index in [1.165, 1.54) is 14.2 Å². The van der Waals surface area contributed by atoms with E-state index in [1.807, 2.05) is 0 Å². The second kappa shape index (κ2) is 8.62. The topological polar surface area (TPSA) is 67.9 Å². The number of amides is 2. The lowest BCUT2D eigenvalue weighted by molar-refractivity contribution is -0.146. The predicted octanol–water partition coefficient (Wildman–Crippen LogP) is 3.72. The highest BCUT2D eigenvalue weighted by Gasteiger charge is 2.39. The van der Waals surface area contributed by atoms with Gasteiger partial charge in [-0.2, -0.15) is 0 Å². The van der Waals surface area contributed by atoms with Crippen LogP contribution in [0.15, 0.2) is 12.1 Å². The minimum Gasteiger partial charge on any atom is -0.495 e. The van der Waals surface area contributed by atoms with E-state index in [1.54, 1.807) is 30.9 Å². The normalized spacial score (nSPS) is 15.2. The van der Waals surface area contributed by atoms with Crippen LogP contribution in [0.1, 0.15) is 39.5 Å². The Morgan fingerprint density at radius 3 is 2.15 bits per heavy atom. The Kier molecular flexibility index (Phi) is 6.75. The minimum absolute atomic E-state index is 0.156. The van der Waals surface area contributed by atoms with Crippen LogP contribution in [0.5, 0.6) is 11.5 Å². The number of nitrogens with one attached hydrogen (secondary N) is 1. The zero-order valence-corrected chi connectivity index (χ0v) is 16.6. The van der Waals surface area contributed by atoms with Crippen molar-refractivity contribution in [1.82, 2.24) is 4.90 Å². The van der Waals surface area contributed by atoms with Gasteiger partial charge in [0.15, 0.2) is 0 Å². The molecule has 1 fully saturated rings. The number of rotatable bonds is 5. The Labute approximate surface area is 159 Å². The van der Waals surface area contributed by atoms with Gasteiger partial charge in [0.05, 0.1) is 24.9 Å². The van der Waals surface area contributed by atoms with Crippen LogP contribution in [0.2, 0.25) is 5.02 Å². The van der Waals surface area contributed by atoms with Gasteiger partial charge in [-0.15, -0.1) is 0 Å². The molecule has 7 heteroatoms. The quantitative estimate of drug-likeness (QED) is 0.788. The van der Waals surface area contributed by atoms with Crippen LogP contribution in [0.25, 0.3) is 0 Å². The van der Waals surface area contributed by atoms with Gasteiger partial charge >= 0.3 is 0 Å². The number of methoxy groups -OCH3 is 2. The zero-order valence-electron chi connectivity index (χ0n) is 15.9. The summed E-state index contributed by atoms with van der Waals surface area (Å²) in [5, 5.41) is 3.17. The van der Waals surface area contributed by atoms with Crippen LogP contribution in [0.3, 0.4) is 0 Å². The Bertz CT molecular complexity index is 668. The summed E-state index contributed by atoms with van der Waals surface area (Å²) in [6, 6.07) is 3.16. The van der Waals surface area contributed by atoms with E-state index >= 15 is 0 Å². The van der Waals surface area contributed by atoms with E-state index < -0.39 is 11.3 Å². The second-order valence-corrected chi connectivity index (χ2v) is 7.38. The molecule has 26 heavy (non-hydrogen) atoms. The number of anilines is 1. The molecular formula is C19H27ClN2O4. The molecule has 1 aromatic rings. The van der Waals surface area contributed by atoms with Crippen LogP contribution in [-0.2, 0) is 9.59 Å². The van der Waals surface area contributed by atoms with Gasteiger partial charge < -0.3 is 19.7 Å². The summed E-state index contributed by atoms with van der Waals surface area (Å²) in [6.07, 6.45) is 4.20. The predicted molar refractivity (Wildman–Crippen MR) is 102 cm³/mol. The van der Waals surface area contributed by atoms with Gasteiger partial charge in [-0.1, -0.05) is 24.4 Å². The van der Waals surface area contributed by atoms with E-state index in [0.29, 0.717) is 35.3 Å². The van der Waals surface area contributed by atoms with Gasteiger partial charge in [0.25, 0.3) is 0 Å². The zero-order chi connectivity index (χ0) is 19.3. The highest BCUT2D eigenvalue weighted by atomic mass is 35.5. The fourth-order valence-corrected chi connectivity index (χ4v) is 3.23. The fraction of sp³-hybridized carbons (Fsp3) is 0.579. The van der Waals surface area contributed by atoms with Crippen molar-refractivity contribution in [2.45, 2.75) is 39.5 Å². The first kappa shape index (κ1) is 20.4. The number of carbonyl (C=O) groups is 2. The molecule has 144 valence electrons. The minimum atomic E-state index is -1.19. The van der Waals surface area contributed by atoms with E-state index in [2.05, 4.69) is 5.32 Å². The Balaban J connectivity index is 2.20. The Hall–Kier alpha value is -1.95. The van der Waals surface area contributed by atoms with Crippen molar-refractivity contribution in [3.63, 3.8) is 0 Å². The molecule has 0 unspecified atom stereocenters. The highest BCUT2D eigenvalue weighted by molar-refractivity contribution is 6.32. The SMILES string of the molecule is COc1cc(NC(=O)C(C)(C)C(=O)N2CCCCCC2)c(OC)cc1Cl. The van der Waals surface area contributed by atoms with Gasteiger partial charge in [0.1, 0.15) is 16.9 Å². The largest absolute Gasteiger partial charge is 0.495 e. The standard InChI is InChI=1S/C19H27ClN2O4/c1-19(2,18(24)22-9-7-5-6-8-10-22)17(23)21-14-12-15(25-3)13(20)11-16(14)26-4/h11-12H,5-10H2,1-4H3,(H,21,23). The third-order valence-corrected chi connectivity index (χ3v) is 5.01. The molecule has 0 bridgehead atoms. The molecule has 1 aliphatic heterocycles. The summed E-state index contributed by atoms with van der Waals surface area (Å²) in [4.78, 5) is 27.6. The lowest BCUT2D eigenvalue weighted by Crippen LogP contribution is -2.47. The lowest BCUT2D eigenvalue weighted by Gasteiger charge is -2.30. The van der Waals surface area contributed by atoms with Gasteiger partial charge in [0.2, 0.25) is 11.8 Å². The Morgan fingerprint density at radius 1 is 1.04 bits per heavy atom. The average molecular weight is 383 g/mol. The maximum atomic E-state index is 12.9. The van der Waals surface area contributed by atoms with Crippen LogP contribution in [0, 0.1) is 5.41 Å². The van der Waals surface area contributed by atoms with Crippen molar-refractivity contribution < 1.29 is 19.1 Å². The summed E-state index contributed by atoms with van der Waals surface area (Å²) in [6.45, 7) is 4.70. The van der Waals surface area contributed by atoms with E-state index in [4.69, 9.17) is 21.1 Å².